The number of likely N-dealkylation sites (tertiary alicyclic amines) is 1. The van der Waals surface area contributed by atoms with Gasteiger partial charge in [-0.15, -0.1) is 0 Å². The van der Waals surface area contributed by atoms with E-state index in [1.165, 1.54) is 4.90 Å². The standard InChI is InChI=1S/C26H36N6O6/c1-3-14(2)22(28)24(35)30-18(12-21(27)33)23(34)31-19(25(36)32-10-6-9-20(32)26(37)38)11-15-13-29-17-8-5-4-7-16(15)17/h4-5,7-8,13-14,18-20,22,29H,3,6,9-12,28H2,1-2H3,(H2,27,33)(H,30,35)(H,31,34)(H,37,38). The summed E-state index contributed by atoms with van der Waals surface area (Å²) in [5.41, 5.74) is 12.9. The molecule has 4 amide bonds. The largest absolute Gasteiger partial charge is 0.480 e. The predicted octanol–water partition coefficient (Wildman–Crippen LogP) is 0.00440. The predicted molar refractivity (Wildman–Crippen MR) is 139 cm³/mol. The third-order valence-electron chi connectivity index (χ3n) is 7.13. The lowest BCUT2D eigenvalue weighted by Crippen LogP contribution is -2.58. The van der Waals surface area contributed by atoms with Gasteiger partial charge in [-0.05, 0) is 30.4 Å². The Morgan fingerprint density at radius 2 is 1.82 bits per heavy atom. The van der Waals surface area contributed by atoms with Gasteiger partial charge in [0.2, 0.25) is 23.6 Å². The Bertz CT molecular complexity index is 1200. The fourth-order valence-corrected chi connectivity index (χ4v) is 4.67. The number of amides is 4. The molecule has 2 heterocycles. The van der Waals surface area contributed by atoms with Crippen LogP contribution in [0.2, 0.25) is 0 Å². The van der Waals surface area contributed by atoms with E-state index >= 15 is 0 Å². The summed E-state index contributed by atoms with van der Waals surface area (Å²) in [6.07, 6.45) is 2.74. The van der Waals surface area contributed by atoms with Gasteiger partial charge in [-0.25, -0.2) is 4.79 Å². The van der Waals surface area contributed by atoms with Crippen molar-refractivity contribution in [1.29, 1.82) is 0 Å². The number of nitrogens with two attached hydrogens (primary N) is 2. The van der Waals surface area contributed by atoms with E-state index in [9.17, 15) is 29.1 Å². The number of carboxylic acid groups (broad SMARTS) is 1. The number of nitrogens with one attached hydrogen (secondary N) is 3. The number of hydrogen-bond donors (Lipinski definition) is 6. The first-order chi connectivity index (χ1) is 18.0. The maximum atomic E-state index is 13.6. The molecule has 0 spiro atoms. The first-order valence-corrected chi connectivity index (χ1v) is 12.8. The van der Waals surface area contributed by atoms with Gasteiger partial charge in [0.1, 0.15) is 18.1 Å². The number of aromatic amines is 1. The number of carbonyl (C=O) groups is 5. The van der Waals surface area contributed by atoms with Gasteiger partial charge in [0.15, 0.2) is 0 Å². The van der Waals surface area contributed by atoms with Crippen LogP contribution >= 0.6 is 0 Å². The number of hydrogen-bond acceptors (Lipinski definition) is 6. The van der Waals surface area contributed by atoms with Crippen molar-refractivity contribution >= 4 is 40.5 Å². The topological polar surface area (TPSA) is 201 Å². The van der Waals surface area contributed by atoms with Gasteiger partial charge in [-0.2, -0.15) is 0 Å². The molecule has 12 heteroatoms. The molecular weight excluding hydrogens is 492 g/mol. The lowest BCUT2D eigenvalue weighted by Gasteiger charge is -2.29. The third kappa shape index (κ3) is 6.68. The molecule has 2 aromatic rings. The second-order valence-electron chi connectivity index (χ2n) is 9.80. The van der Waals surface area contributed by atoms with Crippen LogP contribution in [-0.4, -0.2) is 75.3 Å². The van der Waals surface area contributed by atoms with Crippen LogP contribution in [0.3, 0.4) is 0 Å². The fourth-order valence-electron chi connectivity index (χ4n) is 4.67. The number of H-pyrrole nitrogens is 1. The molecule has 1 aromatic carbocycles. The minimum absolute atomic E-state index is 0.0566. The smallest absolute Gasteiger partial charge is 0.326 e. The van der Waals surface area contributed by atoms with Crippen molar-refractivity contribution in [3.05, 3.63) is 36.0 Å². The molecule has 0 saturated carbocycles. The molecule has 1 fully saturated rings. The van der Waals surface area contributed by atoms with Gasteiger partial charge < -0.3 is 37.1 Å². The molecule has 12 nitrogen and oxygen atoms in total. The second kappa shape index (κ2) is 12.5. The van der Waals surface area contributed by atoms with Gasteiger partial charge in [0.05, 0.1) is 12.5 Å². The minimum Gasteiger partial charge on any atom is -0.480 e. The van der Waals surface area contributed by atoms with E-state index in [4.69, 9.17) is 11.5 Å². The number of aromatic nitrogens is 1. The average molecular weight is 529 g/mol. The fraction of sp³-hybridized carbons (Fsp3) is 0.500. The van der Waals surface area contributed by atoms with Gasteiger partial charge in [0, 0.05) is 30.1 Å². The lowest BCUT2D eigenvalue weighted by atomic mass is 9.98. The summed E-state index contributed by atoms with van der Waals surface area (Å²) in [7, 11) is 0. The Balaban J connectivity index is 1.88. The molecule has 1 aliphatic heterocycles. The summed E-state index contributed by atoms with van der Waals surface area (Å²) in [4.78, 5) is 67.5. The zero-order valence-corrected chi connectivity index (χ0v) is 21.6. The number of carbonyl (C=O) groups excluding carboxylic acids is 4. The van der Waals surface area contributed by atoms with Crippen molar-refractivity contribution in [3.63, 3.8) is 0 Å². The number of aliphatic carboxylic acids is 1. The highest BCUT2D eigenvalue weighted by molar-refractivity contribution is 5.96. The number of nitrogens with zero attached hydrogens (tertiary/aromatic N) is 1. The first-order valence-electron chi connectivity index (χ1n) is 12.8. The molecule has 3 rings (SSSR count). The minimum atomic E-state index is -1.36. The summed E-state index contributed by atoms with van der Waals surface area (Å²) < 4.78 is 0. The lowest BCUT2D eigenvalue weighted by molar-refractivity contribution is -0.149. The Kier molecular flexibility index (Phi) is 9.45. The molecule has 5 atom stereocenters. The van der Waals surface area contributed by atoms with Crippen molar-refractivity contribution in [2.75, 3.05) is 6.54 Å². The van der Waals surface area contributed by atoms with E-state index in [-0.39, 0.29) is 18.9 Å². The number of rotatable bonds is 12. The molecule has 1 saturated heterocycles. The van der Waals surface area contributed by atoms with Crippen LogP contribution in [0.15, 0.2) is 30.5 Å². The summed E-state index contributed by atoms with van der Waals surface area (Å²) in [6.45, 7) is 3.90. The normalized spacial score (nSPS) is 18.4. The van der Waals surface area contributed by atoms with Crippen molar-refractivity contribution in [3.8, 4) is 0 Å². The number of carboxylic acids is 1. The summed E-state index contributed by atoms with van der Waals surface area (Å²) in [5, 5.41) is 15.6. The van der Waals surface area contributed by atoms with Crippen LogP contribution in [0, 0.1) is 5.92 Å². The highest BCUT2D eigenvalue weighted by atomic mass is 16.4. The highest BCUT2D eigenvalue weighted by Crippen LogP contribution is 2.23. The Morgan fingerprint density at radius 3 is 2.47 bits per heavy atom. The van der Waals surface area contributed by atoms with Gasteiger partial charge in [-0.3, -0.25) is 19.2 Å². The second-order valence-corrected chi connectivity index (χ2v) is 9.80. The molecule has 1 aromatic heterocycles. The van der Waals surface area contributed by atoms with Crippen LogP contribution in [0.4, 0.5) is 0 Å². The van der Waals surface area contributed by atoms with Crippen molar-refractivity contribution in [2.24, 2.45) is 17.4 Å². The Labute approximate surface area is 220 Å². The van der Waals surface area contributed by atoms with Crippen LogP contribution in [-0.2, 0) is 30.4 Å². The molecule has 0 aliphatic carbocycles. The van der Waals surface area contributed by atoms with Gasteiger partial charge in [-0.1, -0.05) is 38.5 Å². The summed E-state index contributed by atoms with van der Waals surface area (Å²) in [5.74, 6) is -4.09. The van der Waals surface area contributed by atoms with E-state index in [0.717, 1.165) is 16.5 Å². The number of benzene rings is 1. The molecule has 8 N–H and O–H groups in total. The number of para-hydroxylation sites is 1. The zero-order valence-electron chi connectivity index (χ0n) is 21.6. The monoisotopic (exact) mass is 528 g/mol. The molecule has 206 valence electrons. The Hall–Kier alpha value is -3.93. The number of fused-ring (bicyclic) bond motifs is 1. The maximum absolute atomic E-state index is 13.6. The summed E-state index contributed by atoms with van der Waals surface area (Å²) in [6, 6.07) is 3.01. The highest BCUT2D eigenvalue weighted by Gasteiger charge is 2.39. The molecule has 1 aliphatic rings. The van der Waals surface area contributed by atoms with Crippen molar-refractivity contribution in [2.45, 2.75) is 70.1 Å². The van der Waals surface area contributed by atoms with E-state index in [2.05, 4.69) is 15.6 Å². The summed E-state index contributed by atoms with van der Waals surface area (Å²) >= 11 is 0. The maximum Gasteiger partial charge on any atom is 0.326 e. The van der Waals surface area contributed by atoms with Crippen LogP contribution in [0.25, 0.3) is 10.9 Å². The van der Waals surface area contributed by atoms with Gasteiger partial charge >= 0.3 is 5.97 Å². The Morgan fingerprint density at radius 1 is 1.13 bits per heavy atom. The zero-order chi connectivity index (χ0) is 28.0. The average Bonchev–Trinajstić information content (AvgIpc) is 3.54. The van der Waals surface area contributed by atoms with Crippen LogP contribution in [0.5, 0.6) is 0 Å². The molecule has 5 unspecified atom stereocenters. The molecule has 0 radical (unpaired) electrons. The molecule has 0 bridgehead atoms. The van der Waals surface area contributed by atoms with E-state index < -0.39 is 60.2 Å². The van der Waals surface area contributed by atoms with Crippen LogP contribution < -0.4 is 22.1 Å². The van der Waals surface area contributed by atoms with E-state index in [0.29, 0.717) is 19.3 Å². The van der Waals surface area contributed by atoms with E-state index in [1.54, 1.807) is 13.1 Å². The third-order valence-corrected chi connectivity index (χ3v) is 7.13. The molecule has 38 heavy (non-hydrogen) atoms. The van der Waals surface area contributed by atoms with Crippen molar-refractivity contribution < 1.29 is 29.1 Å². The van der Waals surface area contributed by atoms with Crippen molar-refractivity contribution in [1.82, 2.24) is 20.5 Å². The SMILES string of the molecule is CCC(C)C(N)C(=O)NC(CC(N)=O)C(=O)NC(Cc1c[nH]c2ccccc12)C(=O)N1CCCC1C(=O)O. The molecular formula is C26H36N6O6. The number of primary amides is 1. The van der Waals surface area contributed by atoms with E-state index in [1.807, 2.05) is 31.2 Å². The first kappa shape index (κ1) is 28.6. The van der Waals surface area contributed by atoms with Crippen LogP contribution in [0.1, 0.15) is 45.1 Å². The quantitative estimate of drug-likeness (QED) is 0.222. The van der Waals surface area contributed by atoms with Gasteiger partial charge in [0.25, 0.3) is 0 Å².